The van der Waals surface area contributed by atoms with Crippen molar-refractivity contribution in [3.05, 3.63) is 53.2 Å². The van der Waals surface area contributed by atoms with E-state index >= 15 is 0 Å². The topological polar surface area (TPSA) is 41.0 Å². The van der Waals surface area contributed by atoms with Crippen LogP contribution in [-0.2, 0) is 6.54 Å². The fraction of sp³-hybridized carbons (Fsp3) is 0.444. The maximum atomic E-state index is 4.22. The van der Waals surface area contributed by atoms with Crippen molar-refractivity contribution in [3.63, 3.8) is 0 Å². The van der Waals surface area contributed by atoms with Crippen molar-refractivity contribution in [2.24, 2.45) is 0 Å². The third-order valence-electron chi connectivity index (χ3n) is 4.47. The summed E-state index contributed by atoms with van der Waals surface area (Å²) in [5.41, 5.74) is 4.08. The second kappa shape index (κ2) is 6.88. The fourth-order valence-corrected chi connectivity index (χ4v) is 2.99. The zero-order chi connectivity index (χ0) is 15.4. The van der Waals surface area contributed by atoms with E-state index in [1.807, 2.05) is 12.1 Å². The highest BCUT2D eigenvalue weighted by molar-refractivity contribution is 5.37. The van der Waals surface area contributed by atoms with Crippen molar-refractivity contribution in [2.75, 3.05) is 18.0 Å². The number of rotatable bonds is 4. The number of aryl methyl sites for hydroxylation is 2. The van der Waals surface area contributed by atoms with Crippen molar-refractivity contribution < 1.29 is 0 Å². The highest BCUT2D eigenvalue weighted by atomic mass is 15.3. The van der Waals surface area contributed by atoms with Gasteiger partial charge in [-0.25, -0.2) is 0 Å². The van der Waals surface area contributed by atoms with E-state index in [-0.39, 0.29) is 0 Å². The summed E-state index contributed by atoms with van der Waals surface area (Å²) in [5.74, 6) is 0.986. The van der Waals surface area contributed by atoms with Gasteiger partial charge in [0, 0.05) is 31.9 Å². The monoisotopic (exact) mass is 296 g/mol. The second-order valence-electron chi connectivity index (χ2n) is 6.17. The van der Waals surface area contributed by atoms with Crippen LogP contribution in [0.3, 0.4) is 0 Å². The molecular weight excluding hydrogens is 272 g/mol. The smallest absolute Gasteiger partial charge is 0.151 e. The Morgan fingerprint density at radius 3 is 2.91 bits per heavy atom. The van der Waals surface area contributed by atoms with Crippen LogP contribution < -0.4 is 10.2 Å². The predicted octanol–water partition coefficient (Wildman–Crippen LogP) is 2.85. The van der Waals surface area contributed by atoms with Crippen LogP contribution in [-0.4, -0.2) is 29.3 Å². The first kappa shape index (κ1) is 15.0. The highest BCUT2D eigenvalue weighted by Crippen LogP contribution is 2.17. The quantitative estimate of drug-likeness (QED) is 0.942. The molecule has 1 aromatic heterocycles. The molecule has 22 heavy (non-hydrogen) atoms. The van der Waals surface area contributed by atoms with Crippen LogP contribution in [0, 0.1) is 13.8 Å². The predicted molar refractivity (Wildman–Crippen MR) is 90.0 cm³/mol. The summed E-state index contributed by atoms with van der Waals surface area (Å²) in [6.45, 7) is 7.34. The maximum Gasteiger partial charge on any atom is 0.151 e. The second-order valence-corrected chi connectivity index (χ2v) is 6.17. The minimum absolute atomic E-state index is 0.511. The SMILES string of the molecule is Cc1ccc(CNC2CCCN(c3cccnn3)C2)cc1C. The standard InChI is InChI=1S/C18H24N4/c1-14-7-8-16(11-15(14)2)12-19-17-5-4-10-22(13-17)18-6-3-9-20-21-18/h3,6-9,11,17,19H,4-5,10,12-13H2,1-2H3. The van der Waals surface area contributed by atoms with E-state index in [2.05, 4.69) is 52.5 Å². The number of nitrogens with zero attached hydrogens (tertiary/aromatic N) is 3. The molecule has 2 heterocycles. The minimum Gasteiger partial charge on any atom is -0.354 e. The molecular formula is C18H24N4. The van der Waals surface area contributed by atoms with Crippen molar-refractivity contribution in [3.8, 4) is 0 Å². The summed E-state index contributed by atoms with van der Waals surface area (Å²) < 4.78 is 0. The Balaban J connectivity index is 1.57. The molecule has 0 bridgehead atoms. The van der Waals surface area contributed by atoms with Crippen molar-refractivity contribution in [1.29, 1.82) is 0 Å². The fourth-order valence-electron chi connectivity index (χ4n) is 2.99. The lowest BCUT2D eigenvalue weighted by molar-refractivity contribution is 0.419. The van der Waals surface area contributed by atoms with Crippen LogP contribution in [0.5, 0.6) is 0 Å². The van der Waals surface area contributed by atoms with Gasteiger partial charge in [-0.15, -0.1) is 5.10 Å². The molecule has 1 aliphatic heterocycles. The summed E-state index contributed by atoms with van der Waals surface area (Å²) in [7, 11) is 0. The van der Waals surface area contributed by atoms with Gasteiger partial charge >= 0.3 is 0 Å². The Bertz CT molecular complexity index is 612. The molecule has 0 spiro atoms. The molecule has 1 N–H and O–H groups in total. The molecule has 0 amide bonds. The van der Waals surface area contributed by atoms with Crippen molar-refractivity contribution in [2.45, 2.75) is 39.3 Å². The molecule has 116 valence electrons. The lowest BCUT2D eigenvalue weighted by Crippen LogP contribution is -2.45. The van der Waals surface area contributed by atoms with Gasteiger partial charge in [-0.2, -0.15) is 5.10 Å². The third kappa shape index (κ3) is 3.63. The molecule has 0 saturated carbocycles. The Morgan fingerprint density at radius 2 is 2.14 bits per heavy atom. The Hall–Kier alpha value is -1.94. The highest BCUT2D eigenvalue weighted by Gasteiger charge is 2.20. The van der Waals surface area contributed by atoms with Crippen LogP contribution >= 0.6 is 0 Å². The van der Waals surface area contributed by atoms with Gasteiger partial charge < -0.3 is 10.2 Å². The molecule has 0 radical (unpaired) electrons. The van der Waals surface area contributed by atoms with E-state index in [0.29, 0.717) is 6.04 Å². The average Bonchev–Trinajstić information content (AvgIpc) is 2.57. The van der Waals surface area contributed by atoms with Crippen LogP contribution in [0.4, 0.5) is 5.82 Å². The Morgan fingerprint density at radius 1 is 1.23 bits per heavy atom. The zero-order valence-corrected chi connectivity index (χ0v) is 13.4. The molecule has 4 nitrogen and oxygen atoms in total. The number of aromatic nitrogens is 2. The number of piperidine rings is 1. The lowest BCUT2D eigenvalue weighted by atomic mass is 10.0. The van der Waals surface area contributed by atoms with E-state index in [1.165, 1.54) is 29.5 Å². The van der Waals surface area contributed by atoms with Crippen LogP contribution in [0.1, 0.15) is 29.5 Å². The number of hydrogen-bond donors (Lipinski definition) is 1. The molecule has 4 heteroatoms. The average molecular weight is 296 g/mol. The van der Waals surface area contributed by atoms with Crippen LogP contribution in [0.25, 0.3) is 0 Å². The molecule has 1 aliphatic rings. The number of hydrogen-bond acceptors (Lipinski definition) is 4. The van der Waals surface area contributed by atoms with Gasteiger partial charge in [0.15, 0.2) is 5.82 Å². The van der Waals surface area contributed by atoms with Gasteiger partial charge in [-0.3, -0.25) is 0 Å². The van der Waals surface area contributed by atoms with Gasteiger partial charge in [0.25, 0.3) is 0 Å². The van der Waals surface area contributed by atoms with Gasteiger partial charge in [0.2, 0.25) is 0 Å². The van der Waals surface area contributed by atoms with Crippen LogP contribution in [0.2, 0.25) is 0 Å². The molecule has 1 aromatic carbocycles. The first-order valence-corrected chi connectivity index (χ1v) is 8.04. The number of benzene rings is 1. The lowest BCUT2D eigenvalue weighted by Gasteiger charge is -2.33. The first-order valence-electron chi connectivity index (χ1n) is 8.04. The van der Waals surface area contributed by atoms with E-state index in [4.69, 9.17) is 0 Å². The number of nitrogens with one attached hydrogen (secondary N) is 1. The molecule has 1 unspecified atom stereocenters. The van der Waals surface area contributed by atoms with Gasteiger partial charge in [0.05, 0.1) is 0 Å². The maximum absolute atomic E-state index is 4.22. The van der Waals surface area contributed by atoms with Crippen molar-refractivity contribution in [1.82, 2.24) is 15.5 Å². The van der Waals surface area contributed by atoms with Gasteiger partial charge in [-0.05, 0) is 55.5 Å². The normalized spacial score (nSPS) is 18.5. The Labute approximate surface area is 132 Å². The number of anilines is 1. The zero-order valence-electron chi connectivity index (χ0n) is 13.4. The van der Waals surface area contributed by atoms with E-state index in [9.17, 15) is 0 Å². The van der Waals surface area contributed by atoms with E-state index in [0.717, 1.165) is 25.5 Å². The van der Waals surface area contributed by atoms with E-state index < -0.39 is 0 Å². The van der Waals surface area contributed by atoms with E-state index in [1.54, 1.807) is 6.20 Å². The summed E-state index contributed by atoms with van der Waals surface area (Å²) in [5, 5.41) is 11.9. The molecule has 1 fully saturated rings. The third-order valence-corrected chi connectivity index (χ3v) is 4.47. The molecule has 3 rings (SSSR count). The Kier molecular flexibility index (Phi) is 4.68. The first-order chi connectivity index (χ1) is 10.7. The molecule has 1 atom stereocenters. The summed E-state index contributed by atoms with van der Waals surface area (Å²) in [4.78, 5) is 2.33. The minimum atomic E-state index is 0.511. The van der Waals surface area contributed by atoms with Gasteiger partial charge in [-0.1, -0.05) is 18.2 Å². The summed E-state index contributed by atoms with van der Waals surface area (Å²) in [6.07, 6.45) is 4.14. The van der Waals surface area contributed by atoms with Crippen molar-refractivity contribution >= 4 is 5.82 Å². The largest absolute Gasteiger partial charge is 0.354 e. The summed E-state index contributed by atoms with van der Waals surface area (Å²) >= 11 is 0. The van der Waals surface area contributed by atoms with Crippen LogP contribution in [0.15, 0.2) is 36.5 Å². The molecule has 2 aromatic rings. The summed E-state index contributed by atoms with van der Waals surface area (Å²) in [6, 6.07) is 11.2. The van der Waals surface area contributed by atoms with Gasteiger partial charge in [0.1, 0.15) is 0 Å². The molecule has 1 saturated heterocycles. The molecule has 0 aliphatic carbocycles.